The van der Waals surface area contributed by atoms with Crippen molar-refractivity contribution in [1.82, 2.24) is 5.32 Å². The highest BCUT2D eigenvalue weighted by molar-refractivity contribution is 6.04. The maximum absolute atomic E-state index is 11.8. The molecule has 4 heteroatoms. The van der Waals surface area contributed by atoms with E-state index in [1.54, 1.807) is 18.2 Å². The van der Waals surface area contributed by atoms with Crippen LogP contribution in [0.5, 0.6) is 5.75 Å². The van der Waals surface area contributed by atoms with Gasteiger partial charge in [0.2, 0.25) is 0 Å². The molecule has 0 aromatic heterocycles. The number of nitrogens with one attached hydrogen (secondary N) is 2. The van der Waals surface area contributed by atoms with Gasteiger partial charge in [-0.15, -0.1) is 0 Å². The Morgan fingerprint density at radius 3 is 2.75 bits per heavy atom. The number of phenolic OH excluding ortho intramolecular Hbond substituents is 1. The largest absolute Gasteiger partial charge is 0.508 e. The molecule has 0 atom stereocenters. The molecule has 0 unspecified atom stereocenters. The molecule has 4 nitrogen and oxygen atoms in total. The van der Waals surface area contributed by atoms with E-state index in [0.29, 0.717) is 5.69 Å². The van der Waals surface area contributed by atoms with Gasteiger partial charge in [-0.1, -0.05) is 6.07 Å². The normalized spacial score (nSPS) is 14.2. The van der Waals surface area contributed by atoms with Crippen molar-refractivity contribution >= 4 is 11.6 Å². The van der Waals surface area contributed by atoms with Crippen LogP contribution in [0.4, 0.5) is 5.69 Å². The van der Waals surface area contributed by atoms with Gasteiger partial charge in [-0.05, 0) is 24.6 Å². The molecule has 16 heavy (non-hydrogen) atoms. The van der Waals surface area contributed by atoms with Gasteiger partial charge in [0.1, 0.15) is 5.75 Å². The third-order valence-corrected chi connectivity index (χ3v) is 2.65. The summed E-state index contributed by atoms with van der Waals surface area (Å²) in [6, 6.07) is 6.53. The van der Waals surface area contributed by atoms with Crippen molar-refractivity contribution in [2.75, 3.05) is 18.4 Å². The van der Waals surface area contributed by atoms with Crippen LogP contribution >= 0.6 is 0 Å². The third-order valence-electron chi connectivity index (χ3n) is 2.65. The fourth-order valence-electron chi connectivity index (χ4n) is 1.48. The van der Waals surface area contributed by atoms with E-state index in [9.17, 15) is 9.90 Å². The number of benzene rings is 1. The van der Waals surface area contributed by atoms with Gasteiger partial charge in [0.05, 0.1) is 0 Å². The molecule has 1 aliphatic rings. The molecule has 1 fully saturated rings. The monoisotopic (exact) mass is 218 g/mol. The Balaban J connectivity index is 2.07. The highest BCUT2D eigenvalue weighted by Gasteiger charge is 2.15. The van der Waals surface area contributed by atoms with Crippen LogP contribution in [0.3, 0.4) is 0 Å². The second kappa shape index (κ2) is 4.37. The van der Waals surface area contributed by atoms with E-state index < -0.39 is 0 Å². The number of carbonyl (C=O) groups excluding carboxylic acids is 1. The highest BCUT2D eigenvalue weighted by Crippen LogP contribution is 2.17. The summed E-state index contributed by atoms with van der Waals surface area (Å²) in [7, 11) is 0. The second-order valence-electron chi connectivity index (χ2n) is 3.84. The SMILES string of the molecule is CC(C(=O)Nc1cccc(O)c1)=C1CNC1. The van der Waals surface area contributed by atoms with Gasteiger partial charge in [-0.3, -0.25) is 4.79 Å². The lowest BCUT2D eigenvalue weighted by atomic mass is 10.0. The maximum Gasteiger partial charge on any atom is 0.251 e. The summed E-state index contributed by atoms with van der Waals surface area (Å²) in [5.74, 6) is 0.0375. The Morgan fingerprint density at radius 1 is 1.44 bits per heavy atom. The summed E-state index contributed by atoms with van der Waals surface area (Å²) in [5, 5.41) is 15.1. The molecular formula is C12H14N2O2. The summed E-state index contributed by atoms with van der Waals surface area (Å²) in [6.45, 7) is 3.40. The summed E-state index contributed by atoms with van der Waals surface area (Å²) in [5.41, 5.74) is 2.50. The first kappa shape index (κ1) is 10.7. The summed E-state index contributed by atoms with van der Waals surface area (Å²) in [6.07, 6.45) is 0. The summed E-state index contributed by atoms with van der Waals surface area (Å²) >= 11 is 0. The third kappa shape index (κ3) is 2.23. The average Bonchev–Trinajstić information content (AvgIpc) is 2.14. The van der Waals surface area contributed by atoms with Crippen LogP contribution in [0.25, 0.3) is 0 Å². The standard InChI is InChI=1S/C12H14N2O2/c1-8(9-6-13-7-9)12(16)14-10-3-2-4-11(15)5-10/h2-5,13,15H,6-7H2,1H3,(H,14,16). The summed E-state index contributed by atoms with van der Waals surface area (Å²) in [4.78, 5) is 11.8. The van der Waals surface area contributed by atoms with Crippen molar-refractivity contribution < 1.29 is 9.90 Å². The molecule has 0 spiro atoms. The van der Waals surface area contributed by atoms with Gasteiger partial charge in [0, 0.05) is 30.4 Å². The van der Waals surface area contributed by atoms with Crippen LogP contribution in [-0.4, -0.2) is 24.1 Å². The minimum Gasteiger partial charge on any atom is -0.508 e. The quantitative estimate of drug-likeness (QED) is 0.655. The first-order valence-electron chi connectivity index (χ1n) is 5.16. The maximum atomic E-state index is 11.8. The Bertz CT molecular complexity index is 446. The Labute approximate surface area is 94.0 Å². The summed E-state index contributed by atoms with van der Waals surface area (Å²) < 4.78 is 0. The van der Waals surface area contributed by atoms with E-state index in [2.05, 4.69) is 10.6 Å². The molecule has 1 aromatic carbocycles. The number of anilines is 1. The first-order valence-corrected chi connectivity index (χ1v) is 5.16. The van der Waals surface area contributed by atoms with Gasteiger partial charge in [0.25, 0.3) is 5.91 Å². The van der Waals surface area contributed by atoms with Crippen LogP contribution < -0.4 is 10.6 Å². The number of hydrogen-bond acceptors (Lipinski definition) is 3. The van der Waals surface area contributed by atoms with Gasteiger partial charge >= 0.3 is 0 Å². The zero-order chi connectivity index (χ0) is 11.5. The molecule has 0 radical (unpaired) electrons. The molecule has 0 bridgehead atoms. The fraction of sp³-hybridized carbons (Fsp3) is 0.250. The number of aromatic hydroxyl groups is 1. The topological polar surface area (TPSA) is 61.4 Å². The molecule has 1 aromatic rings. The van der Waals surface area contributed by atoms with Gasteiger partial charge in [-0.2, -0.15) is 0 Å². The average molecular weight is 218 g/mol. The van der Waals surface area contributed by atoms with Crippen LogP contribution in [0.2, 0.25) is 0 Å². The Hall–Kier alpha value is -1.81. The van der Waals surface area contributed by atoms with Crippen molar-refractivity contribution in [1.29, 1.82) is 0 Å². The molecular weight excluding hydrogens is 204 g/mol. The fourth-order valence-corrected chi connectivity index (χ4v) is 1.48. The van der Waals surface area contributed by atoms with Crippen LogP contribution in [0.1, 0.15) is 6.92 Å². The van der Waals surface area contributed by atoms with Crippen LogP contribution in [0.15, 0.2) is 35.4 Å². The number of phenols is 1. The molecule has 1 aliphatic heterocycles. The predicted octanol–water partition coefficient (Wildman–Crippen LogP) is 1.25. The van der Waals surface area contributed by atoms with E-state index in [-0.39, 0.29) is 11.7 Å². The number of rotatable bonds is 2. The first-order chi connectivity index (χ1) is 7.66. The van der Waals surface area contributed by atoms with Crippen molar-refractivity contribution in [2.45, 2.75) is 6.92 Å². The van der Waals surface area contributed by atoms with Crippen LogP contribution in [-0.2, 0) is 4.79 Å². The smallest absolute Gasteiger partial charge is 0.251 e. The Morgan fingerprint density at radius 2 is 2.19 bits per heavy atom. The molecule has 0 saturated carbocycles. The molecule has 0 aliphatic carbocycles. The van der Waals surface area contributed by atoms with Crippen molar-refractivity contribution in [3.63, 3.8) is 0 Å². The highest BCUT2D eigenvalue weighted by atomic mass is 16.3. The van der Waals surface area contributed by atoms with Gasteiger partial charge in [-0.25, -0.2) is 0 Å². The lowest BCUT2D eigenvalue weighted by Gasteiger charge is -2.21. The molecule has 1 saturated heterocycles. The minimum absolute atomic E-state index is 0.109. The lowest BCUT2D eigenvalue weighted by Crippen LogP contribution is -2.36. The van der Waals surface area contributed by atoms with Gasteiger partial charge < -0.3 is 15.7 Å². The van der Waals surface area contributed by atoms with Crippen molar-refractivity contribution in [3.8, 4) is 5.75 Å². The van der Waals surface area contributed by atoms with E-state index in [4.69, 9.17) is 0 Å². The van der Waals surface area contributed by atoms with Crippen molar-refractivity contribution in [3.05, 3.63) is 35.4 Å². The van der Waals surface area contributed by atoms with E-state index >= 15 is 0 Å². The molecule has 2 rings (SSSR count). The van der Waals surface area contributed by atoms with E-state index in [1.165, 1.54) is 6.07 Å². The number of amides is 1. The zero-order valence-electron chi connectivity index (χ0n) is 9.08. The molecule has 1 amide bonds. The lowest BCUT2D eigenvalue weighted by molar-refractivity contribution is -0.112. The molecule has 84 valence electrons. The number of carbonyl (C=O) groups is 1. The molecule has 3 N–H and O–H groups in total. The molecule has 1 heterocycles. The van der Waals surface area contributed by atoms with Gasteiger partial charge in [0.15, 0.2) is 0 Å². The second-order valence-corrected chi connectivity index (χ2v) is 3.84. The van der Waals surface area contributed by atoms with E-state index in [0.717, 1.165) is 24.2 Å². The van der Waals surface area contributed by atoms with Crippen molar-refractivity contribution in [2.24, 2.45) is 0 Å². The predicted molar refractivity (Wildman–Crippen MR) is 62.3 cm³/mol. The zero-order valence-corrected chi connectivity index (χ0v) is 9.08. The minimum atomic E-state index is -0.109. The number of hydrogen-bond donors (Lipinski definition) is 3. The van der Waals surface area contributed by atoms with Crippen LogP contribution in [0, 0.1) is 0 Å². The van der Waals surface area contributed by atoms with E-state index in [1.807, 2.05) is 6.92 Å². The Kier molecular flexibility index (Phi) is 2.92.